The van der Waals surface area contributed by atoms with Gasteiger partial charge in [-0.1, -0.05) is 0 Å². The SMILES string of the molecule is CN(C)CC1CCCN1C1CCC(N)(C(=O)O)C1. The molecule has 3 N–H and O–H groups in total. The van der Waals surface area contributed by atoms with Gasteiger partial charge in [0.2, 0.25) is 0 Å². The Morgan fingerprint density at radius 1 is 1.50 bits per heavy atom. The van der Waals surface area contributed by atoms with Crippen LogP contribution < -0.4 is 5.73 Å². The van der Waals surface area contributed by atoms with Crippen LogP contribution >= 0.6 is 0 Å². The molecular formula is C13H25N3O2. The summed E-state index contributed by atoms with van der Waals surface area (Å²) < 4.78 is 0. The van der Waals surface area contributed by atoms with Gasteiger partial charge in [0, 0.05) is 18.6 Å². The van der Waals surface area contributed by atoms with Crippen LogP contribution in [0.1, 0.15) is 32.1 Å². The van der Waals surface area contributed by atoms with E-state index >= 15 is 0 Å². The Kier molecular flexibility index (Phi) is 3.94. The van der Waals surface area contributed by atoms with E-state index in [9.17, 15) is 9.90 Å². The summed E-state index contributed by atoms with van der Waals surface area (Å²) >= 11 is 0. The molecule has 0 radical (unpaired) electrons. The number of carbonyl (C=O) groups is 1. The molecule has 0 aromatic heterocycles. The monoisotopic (exact) mass is 255 g/mol. The van der Waals surface area contributed by atoms with Crippen molar-refractivity contribution < 1.29 is 9.90 Å². The molecule has 0 spiro atoms. The Balaban J connectivity index is 1.98. The van der Waals surface area contributed by atoms with Gasteiger partial charge in [-0.25, -0.2) is 0 Å². The molecule has 5 nitrogen and oxygen atoms in total. The van der Waals surface area contributed by atoms with E-state index in [1.807, 2.05) is 0 Å². The highest BCUT2D eigenvalue weighted by atomic mass is 16.4. The third-order valence-electron chi connectivity index (χ3n) is 4.42. The van der Waals surface area contributed by atoms with Gasteiger partial charge in [0.05, 0.1) is 0 Å². The number of carboxylic acid groups (broad SMARTS) is 1. The molecule has 18 heavy (non-hydrogen) atoms. The summed E-state index contributed by atoms with van der Waals surface area (Å²) in [6.07, 6.45) is 4.58. The van der Waals surface area contributed by atoms with Gasteiger partial charge in [-0.05, 0) is 52.7 Å². The van der Waals surface area contributed by atoms with E-state index in [4.69, 9.17) is 5.73 Å². The third kappa shape index (κ3) is 2.68. The molecule has 104 valence electrons. The van der Waals surface area contributed by atoms with Crippen LogP contribution in [0, 0.1) is 0 Å². The minimum absolute atomic E-state index is 0.360. The van der Waals surface area contributed by atoms with Crippen molar-refractivity contribution in [1.29, 1.82) is 0 Å². The molecule has 0 bridgehead atoms. The van der Waals surface area contributed by atoms with E-state index in [1.54, 1.807) is 0 Å². The van der Waals surface area contributed by atoms with Crippen molar-refractivity contribution in [1.82, 2.24) is 9.80 Å². The minimum Gasteiger partial charge on any atom is -0.480 e. The normalized spacial score (nSPS) is 37.6. The maximum absolute atomic E-state index is 11.2. The average molecular weight is 255 g/mol. The minimum atomic E-state index is -0.990. The summed E-state index contributed by atoms with van der Waals surface area (Å²) in [5, 5.41) is 9.19. The highest BCUT2D eigenvalue weighted by Gasteiger charge is 2.45. The highest BCUT2D eigenvalue weighted by Crippen LogP contribution is 2.35. The van der Waals surface area contributed by atoms with Crippen LogP contribution in [0.3, 0.4) is 0 Å². The molecule has 2 rings (SSSR count). The standard InChI is InChI=1S/C13H25N3O2/c1-15(2)9-11-4-3-7-16(11)10-5-6-13(14,8-10)12(17)18/h10-11H,3-9,14H2,1-2H3,(H,17,18). The molecule has 0 amide bonds. The van der Waals surface area contributed by atoms with Gasteiger partial charge in [-0.3, -0.25) is 9.69 Å². The fourth-order valence-electron chi connectivity index (χ4n) is 3.48. The van der Waals surface area contributed by atoms with Crippen LogP contribution in [0.2, 0.25) is 0 Å². The summed E-state index contributed by atoms with van der Waals surface area (Å²) in [5.41, 5.74) is 4.98. The Bertz CT molecular complexity index is 321. The number of hydrogen-bond donors (Lipinski definition) is 2. The topological polar surface area (TPSA) is 69.8 Å². The van der Waals surface area contributed by atoms with Crippen LogP contribution in [0.4, 0.5) is 0 Å². The molecule has 1 saturated heterocycles. The number of nitrogens with two attached hydrogens (primary N) is 1. The predicted octanol–water partition coefficient (Wildman–Crippen LogP) is 0.347. The lowest BCUT2D eigenvalue weighted by Crippen LogP contribution is -2.48. The van der Waals surface area contributed by atoms with Gasteiger partial charge >= 0.3 is 5.97 Å². The number of rotatable bonds is 4. The zero-order valence-corrected chi connectivity index (χ0v) is 11.4. The zero-order chi connectivity index (χ0) is 13.3. The third-order valence-corrected chi connectivity index (χ3v) is 4.42. The van der Waals surface area contributed by atoms with Crippen LogP contribution in [-0.4, -0.2) is 65.7 Å². The summed E-state index contributed by atoms with van der Waals surface area (Å²) in [4.78, 5) is 15.9. The number of carboxylic acids is 1. The first-order valence-corrected chi connectivity index (χ1v) is 6.85. The fourth-order valence-corrected chi connectivity index (χ4v) is 3.48. The van der Waals surface area contributed by atoms with Crippen molar-refractivity contribution in [2.75, 3.05) is 27.2 Å². The van der Waals surface area contributed by atoms with Crippen LogP contribution in [0.25, 0.3) is 0 Å². The highest BCUT2D eigenvalue weighted by molar-refractivity contribution is 5.79. The van der Waals surface area contributed by atoms with E-state index < -0.39 is 11.5 Å². The van der Waals surface area contributed by atoms with Gasteiger partial charge < -0.3 is 15.7 Å². The second-order valence-electron chi connectivity index (χ2n) is 6.15. The summed E-state index contributed by atoms with van der Waals surface area (Å²) in [6, 6.07) is 0.930. The molecule has 1 aliphatic carbocycles. The summed E-state index contributed by atoms with van der Waals surface area (Å²) in [7, 11) is 4.19. The number of aliphatic carboxylic acids is 1. The Morgan fingerprint density at radius 2 is 2.22 bits per heavy atom. The first-order chi connectivity index (χ1) is 8.42. The Labute approximate surface area is 109 Å². The van der Waals surface area contributed by atoms with Crippen molar-refractivity contribution >= 4 is 5.97 Å². The molecule has 1 saturated carbocycles. The second kappa shape index (κ2) is 5.15. The van der Waals surface area contributed by atoms with E-state index in [0.29, 0.717) is 24.9 Å². The van der Waals surface area contributed by atoms with Crippen LogP contribution in [-0.2, 0) is 4.79 Å². The molecule has 3 atom stereocenters. The molecule has 2 fully saturated rings. The molecule has 0 aromatic carbocycles. The molecule has 2 aliphatic rings. The Hall–Kier alpha value is -0.650. The second-order valence-corrected chi connectivity index (χ2v) is 6.15. The smallest absolute Gasteiger partial charge is 0.323 e. The van der Waals surface area contributed by atoms with Gasteiger partial charge in [0.15, 0.2) is 0 Å². The fraction of sp³-hybridized carbons (Fsp3) is 0.923. The van der Waals surface area contributed by atoms with Crippen LogP contribution in [0.15, 0.2) is 0 Å². The number of nitrogens with zero attached hydrogens (tertiary/aromatic N) is 2. The molecule has 3 unspecified atom stereocenters. The van der Waals surface area contributed by atoms with Gasteiger partial charge in [0.1, 0.15) is 5.54 Å². The average Bonchev–Trinajstić information content (AvgIpc) is 2.85. The van der Waals surface area contributed by atoms with Crippen molar-refractivity contribution in [3.8, 4) is 0 Å². The Morgan fingerprint density at radius 3 is 2.78 bits per heavy atom. The molecule has 0 aromatic rings. The number of likely N-dealkylation sites (N-methyl/N-ethyl adjacent to an activating group) is 1. The quantitative estimate of drug-likeness (QED) is 0.758. The molecule has 1 heterocycles. The lowest BCUT2D eigenvalue weighted by atomic mass is 9.99. The maximum atomic E-state index is 11.2. The van der Waals surface area contributed by atoms with Crippen molar-refractivity contribution in [3.05, 3.63) is 0 Å². The number of likely N-dealkylation sites (tertiary alicyclic amines) is 1. The molecule has 1 aliphatic heterocycles. The molecule has 5 heteroatoms. The largest absolute Gasteiger partial charge is 0.480 e. The molecular weight excluding hydrogens is 230 g/mol. The maximum Gasteiger partial charge on any atom is 0.323 e. The van der Waals surface area contributed by atoms with Gasteiger partial charge in [-0.2, -0.15) is 0 Å². The lowest BCUT2D eigenvalue weighted by Gasteiger charge is -2.32. The van der Waals surface area contributed by atoms with Crippen LogP contribution in [0.5, 0.6) is 0 Å². The number of hydrogen-bond acceptors (Lipinski definition) is 4. The summed E-state index contributed by atoms with van der Waals surface area (Å²) in [6.45, 7) is 2.15. The van der Waals surface area contributed by atoms with E-state index in [1.165, 1.54) is 12.8 Å². The zero-order valence-electron chi connectivity index (χ0n) is 11.4. The van der Waals surface area contributed by atoms with E-state index in [0.717, 1.165) is 19.5 Å². The van der Waals surface area contributed by atoms with E-state index in [-0.39, 0.29) is 0 Å². The first kappa shape index (κ1) is 13.8. The first-order valence-electron chi connectivity index (χ1n) is 6.85. The van der Waals surface area contributed by atoms with E-state index in [2.05, 4.69) is 23.9 Å². The van der Waals surface area contributed by atoms with Crippen molar-refractivity contribution in [3.63, 3.8) is 0 Å². The summed E-state index contributed by atoms with van der Waals surface area (Å²) in [5.74, 6) is -0.839. The van der Waals surface area contributed by atoms with Crippen molar-refractivity contribution in [2.45, 2.75) is 49.7 Å². The van der Waals surface area contributed by atoms with Gasteiger partial charge in [-0.15, -0.1) is 0 Å². The lowest BCUT2D eigenvalue weighted by molar-refractivity contribution is -0.143. The predicted molar refractivity (Wildman–Crippen MR) is 70.5 cm³/mol. The van der Waals surface area contributed by atoms with Crippen molar-refractivity contribution in [2.24, 2.45) is 5.73 Å². The van der Waals surface area contributed by atoms with Gasteiger partial charge in [0.25, 0.3) is 0 Å².